The van der Waals surface area contributed by atoms with Gasteiger partial charge in [0, 0.05) is 36.7 Å². The molecule has 0 radical (unpaired) electrons. The molecule has 1 saturated heterocycles. The van der Waals surface area contributed by atoms with Crippen LogP contribution in [0.5, 0.6) is 5.75 Å². The fourth-order valence-electron chi connectivity index (χ4n) is 4.55. The molecule has 1 aromatic heterocycles. The van der Waals surface area contributed by atoms with Crippen molar-refractivity contribution in [1.29, 1.82) is 5.26 Å². The van der Waals surface area contributed by atoms with E-state index in [9.17, 15) is 4.79 Å². The molecule has 2 heterocycles. The number of aromatic nitrogens is 2. The van der Waals surface area contributed by atoms with Crippen LogP contribution in [0.15, 0.2) is 35.4 Å². The Morgan fingerprint density at radius 3 is 2.60 bits per heavy atom. The highest BCUT2D eigenvalue weighted by atomic mass is 35.5. The van der Waals surface area contributed by atoms with E-state index in [-0.39, 0.29) is 18.1 Å². The number of rotatable bonds is 7. The third kappa shape index (κ3) is 6.53. The molecule has 0 atom stereocenters. The Hall–Kier alpha value is -3.54. The molecule has 0 unspecified atom stereocenters. The quantitative estimate of drug-likeness (QED) is 0.337. The number of nitrogens with zero attached hydrogens (tertiary/aromatic N) is 7. The lowest BCUT2D eigenvalue weighted by Crippen LogP contribution is -2.40. The third-order valence-electron chi connectivity index (χ3n) is 6.60. The largest absolute Gasteiger partial charge is 0.490 e. The number of nitrogens with one attached hydrogen (secondary N) is 1. The maximum atomic E-state index is 12.7. The van der Waals surface area contributed by atoms with Gasteiger partial charge in [0.05, 0.1) is 16.7 Å². The fourth-order valence-corrected chi connectivity index (χ4v) is 4.76. The summed E-state index contributed by atoms with van der Waals surface area (Å²) >= 11 is 6.08. The predicted molar refractivity (Wildman–Crippen MR) is 131 cm³/mol. The van der Waals surface area contributed by atoms with E-state index in [0.717, 1.165) is 57.4 Å². The number of nitriles is 1. The third-order valence-corrected chi connectivity index (χ3v) is 6.91. The summed E-state index contributed by atoms with van der Waals surface area (Å²) in [5, 5.41) is 24.5. The van der Waals surface area contributed by atoms with Gasteiger partial charge in [0.2, 0.25) is 0 Å². The molecule has 4 rings (SSSR count). The number of benzene rings is 1. The SMILES string of the molecule is N#Cc1ccc(OC2CCC(NC(=O)c3ccc(N4CCC(CN=[N+]=[N-])CC4)nn3)CC2)cc1Cl. The van der Waals surface area contributed by atoms with E-state index < -0.39 is 0 Å². The molecule has 0 bridgehead atoms. The first-order valence-electron chi connectivity index (χ1n) is 11.8. The maximum absolute atomic E-state index is 12.7. The highest BCUT2D eigenvalue weighted by molar-refractivity contribution is 6.31. The number of anilines is 1. The number of piperidine rings is 1. The first kappa shape index (κ1) is 24.6. The van der Waals surface area contributed by atoms with Crippen molar-refractivity contribution >= 4 is 23.3 Å². The van der Waals surface area contributed by atoms with Gasteiger partial charge in [-0.1, -0.05) is 16.7 Å². The summed E-state index contributed by atoms with van der Waals surface area (Å²) in [5.41, 5.74) is 9.20. The van der Waals surface area contributed by atoms with Gasteiger partial charge >= 0.3 is 0 Å². The highest BCUT2D eigenvalue weighted by Crippen LogP contribution is 2.27. The van der Waals surface area contributed by atoms with Gasteiger partial charge in [-0.25, -0.2) is 0 Å². The molecular weight excluding hydrogens is 468 g/mol. The van der Waals surface area contributed by atoms with Crippen molar-refractivity contribution in [1.82, 2.24) is 15.5 Å². The Kier molecular flexibility index (Phi) is 8.24. The van der Waals surface area contributed by atoms with E-state index in [0.29, 0.717) is 34.5 Å². The van der Waals surface area contributed by atoms with E-state index in [1.54, 1.807) is 24.3 Å². The second kappa shape index (κ2) is 11.7. The van der Waals surface area contributed by atoms with Gasteiger partial charge in [-0.2, -0.15) is 5.26 Å². The molecule has 1 saturated carbocycles. The zero-order chi connectivity index (χ0) is 24.6. The lowest BCUT2D eigenvalue weighted by molar-refractivity contribution is 0.0888. The maximum Gasteiger partial charge on any atom is 0.272 e. The molecule has 2 fully saturated rings. The molecule has 1 aromatic carbocycles. The van der Waals surface area contributed by atoms with Crippen molar-refractivity contribution in [2.45, 2.75) is 50.7 Å². The van der Waals surface area contributed by atoms with Gasteiger partial charge < -0.3 is 15.0 Å². The van der Waals surface area contributed by atoms with Crippen LogP contribution in [-0.2, 0) is 0 Å². The van der Waals surface area contributed by atoms with Crippen molar-refractivity contribution in [2.24, 2.45) is 11.0 Å². The fraction of sp³-hybridized carbons (Fsp3) is 0.500. The Labute approximate surface area is 208 Å². The summed E-state index contributed by atoms with van der Waals surface area (Å²) in [5.74, 6) is 1.59. The summed E-state index contributed by atoms with van der Waals surface area (Å²) in [6.45, 7) is 2.19. The van der Waals surface area contributed by atoms with Crippen molar-refractivity contribution in [3.63, 3.8) is 0 Å². The normalized spacial score (nSPS) is 20.4. The molecule has 1 N–H and O–H groups in total. The summed E-state index contributed by atoms with van der Waals surface area (Å²) in [6, 6.07) is 10.7. The van der Waals surface area contributed by atoms with E-state index in [1.165, 1.54) is 0 Å². The van der Waals surface area contributed by atoms with Crippen LogP contribution in [0.4, 0.5) is 5.82 Å². The molecular formula is C24H27ClN8O2. The smallest absolute Gasteiger partial charge is 0.272 e. The Balaban J connectivity index is 1.22. The molecule has 1 aliphatic heterocycles. The van der Waals surface area contributed by atoms with Crippen LogP contribution in [0.25, 0.3) is 10.4 Å². The zero-order valence-electron chi connectivity index (χ0n) is 19.3. The lowest BCUT2D eigenvalue weighted by Gasteiger charge is -2.31. The zero-order valence-corrected chi connectivity index (χ0v) is 20.1. The topological polar surface area (TPSA) is 140 Å². The summed E-state index contributed by atoms with van der Waals surface area (Å²) < 4.78 is 6.02. The number of amides is 1. The summed E-state index contributed by atoms with van der Waals surface area (Å²) in [7, 11) is 0. The summed E-state index contributed by atoms with van der Waals surface area (Å²) in [4.78, 5) is 17.7. The van der Waals surface area contributed by atoms with Crippen molar-refractivity contribution in [3.05, 3.63) is 57.1 Å². The van der Waals surface area contributed by atoms with Gasteiger partial charge in [0.15, 0.2) is 11.5 Å². The van der Waals surface area contributed by atoms with Crippen LogP contribution in [0.1, 0.15) is 54.6 Å². The van der Waals surface area contributed by atoms with Crippen LogP contribution in [0.2, 0.25) is 5.02 Å². The number of azide groups is 1. The van der Waals surface area contributed by atoms with Gasteiger partial charge in [-0.05, 0) is 74.2 Å². The lowest BCUT2D eigenvalue weighted by atomic mass is 9.93. The molecule has 2 aromatic rings. The number of carbonyl (C=O) groups is 1. The van der Waals surface area contributed by atoms with Gasteiger partial charge in [0.1, 0.15) is 11.8 Å². The van der Waals surface area contributed by atoms with Crippen molar-refractivity contribution in [2.75, 3.05) is 24.5 Å². The molecule has 11 heteroatoms. The molecule has 1 amide bonds. The average molecular weight is 495 g/mol. The van der Waals surface area contributed by atoms with Crippen molar-refractivity contribution < 1.29 is 9.53 Å². The molecule has 35 heavy (non-hydrogen) atoms. The van der Waals surface area contributed by atoms with E-state index >= 15 is 0 Å². The van der Waals surface area contributed by atoms with Gasteiger partial charge in [-0.15, -0.1) is 10.2 Å². The number of halogens is 1. The van der Waals surface area contributed by atoms with Crippen LogP contribution in [0, 0.1) is 17.2 Å². The standard InChI is InChI=1S/C24H27ClN8O2/c25-21-13-20(4-1-17(21)14-26)35-19-5-2-18(3-6-19)29-24(34)22-7-8-23(31-30-22)33-11-9-16(10-12-33)15-28-32-27/h1,4,7-8,13,16,18-19H,2-3,5-6,9-12,15H2,(H,29,34). The molecule has 1 aliphatic carbocycles. The number of hydrogen-bond acceptors (Lipinski definition) is 7. The van der Waals surface area contributed by atoms with Crippen LogP contribution in [-0.4, -0.2) is 47.9 Å². The number of hydrogen-bond donors (Lipinski definition) is 1. The van der Waals surface area contributed by atoms with Gasteiger partial charge in [0.25, 0.3) is 5.91 Å². The Morgan fingerprint density at radius 2 is 1.97 bits per heavy atom. The molecule has 0 spiro atoms. The minimum atomic E-state index is -0.222. The van der Waals surface area contributed by atoms with Crippen LogP contribution >= 0.6 is 11.6 Å². The first-order valence-corrected chi connectivity index (χ1v) is 12.2. The van der Waals surface area contributed by atoms with Crippen molar-refractivity contribution in [3.8, 4) is 11.8 Å². The van der Waals surface area contributed by atoms with E-state index in [4.69, 9.17) is 27.1 Å². The Morgan fingerprint density at radius 1 is 1.20 bits per heavy atom. The second-order valence-corrected chi connectivity index (χ2v) is 9.35. The van der Waals surface area contributed by atoms with E-state index in [1.807, 2.05) is 12.1 Å². The average Bonchev–Trinajstić information content (AvgIpc) is 2.89. The highest BCUT2D eigenvalue weighted by Gasteiger charge is 2.25. The second-order valence-electron chi connectivity index (χ2n) is 8.94. The Bertz CT molecular complexity index is 1110. The van der Waals surface area contributed by atoms with E-state index in [2.05, 4.69) is 30.4 Å². The molecule has 2 aliphatic rings. The molecule has 182 valence electrons. The van der Waals surface area contributed by atoms with Crippen LogP contribution < -0.4 is 15.0 Å². The number of carbonyl (C=O) groups excluding carboxylic acids is 1. The predicted octanol–water partition coefficient (Wildman–Crippen LogP) is 4.65. The molecule has 10 nitrogen and oxygen atoms in total. The minimum Gasteiger partial charge on any atom is -0.490 e. The summed E-state index contributed by atoms with van der Waals surface area (Å²) in [6.07, 6.45) is 5.14. The van der Waals surface area contributed by atoms with Crippen LogP contribution in [0.3, 0.4) is 0 Å². The monoisotopic (exact) mass is 494 g/mol. The van der Waals surface area contributed by atoms with Gasteiger partial charge in [-0.3, -0.25) is 4.79 Å². The minimum absolute atomic E-state index is 0.0436. The number of ether oxygens (including phenoxy) is 1. The first-order chi connectivity index (χ1) is 17.1.